The number of hydrogen-bond donors (Lipinski definition) is 1. The van der Waals surface area contributed by atoms with Crippen molar-refractivity contribution in [3.05, 3.63) is 67.0 Å². The highest BCUT2D eigenvalue weighted by Gasteiger charge is 2.10. The molecule has 3 aromatic rings. The van der Waals surface area contributed by atoms with Gasteiger partial charge in [-0.1, -0.05) is 49.0 Å². The lowest BCUT2D eigenvalue weighted by molar-refractivity contribution is 1.30. The van der Waals surface area contributed by atoms with E-state index in [0.29, 0.717) is 0 Å². The van der Waals surface area contributed by atoms with Crippen LogP contribution in [0.4, 0.5) is 5.69 Å². The molecule has 19 heavy (non-hydrogen) atoms. The van der Waals surface area contributed by atoms with E-state index in [1.807, 2.05) is 24.3 Å². The molecule has 0 radical (unpaired) electrons. The molecule has 2 nitrogen and oxygen atoms in total. The summed E-state index contributed by atoms with van der Waals surface area (Å²) in [6, 6.07) is 16.3. The van der Waals surface area contributed by atoms with Crippen LogP contribution in [0.5, 0.6) is 0 Å². The molecule has 0 saturated heterocycles. The van der Waals surface area contributed by atoms with E-state index < -0.39 is 0 Å². The van der Waals surface area contributed by atoms with Crippen molar-refractivity contribution in [3.8, 4) is 11.1 Å². The van der Waals surface area contributed by atoms with Gasteiger partial charge in [0.1, 0.15) is 0 Å². The normalized spacial score (nSPS) is 10.5. The van der Waals surface area contributed by atoms with E-state index in [0.717, 1.165) is 22.5 Å². The highest BCUT2D eigenvalue weighted by atomic mass is 14.7. The van der Waals surface area contributed by atoms with Gasteiger partial charge in [-0.15, -0.1) is 0 Å². The first-order valence-corrected chi connectivity index (χ1v) is 6.16. The minimum Gasteiger partial charge on any atom is -0.398 e. The maximum atomic E-state index is 6.13. The first kappa shape index (κ1) is 11.5. The summed E-state index contributed by atoms with van der Waals surface area (Å²) in [5.41, 5.74) is 9.72. The summed E-state index contributed by atoms with van der Waals surface area (Å²) in [4.78, 5) is 4.34. The largest absolute Gasteiger partial charge is 0.398 e. The van der Waals surface area contributed by atoms with Crippen molar-refractivity contribution in [2.24, 2.45) is 0 Å². The van der Waals surface area contributed by atoms with Crippen LogP contribution in [0.1, 0.15) is 5.69 Å². The number of hydrogen-bond acceptors (Lipinski definition) is 2. The van der Waals surface area contributed by atoms with Gasteiger partial charge in [-0.05, 0) is 28.5 Å². The van der Waals surface area contributed by atoms with Crippen LogP contribution in [0.15, 0.2) is 61.3 Å². The zero-order valence-electron chi connectivity index (χ0n) is 10.5. The maximum Gasteiger partial charge on any atom is 0.0723 e. The van der Waals surface area contributed by atoms with Crippen molar-refractivity contribution >= 4 is 22.5 Å². The topological polar surface area (TPSA) is 38.9 Å². The van der Waals surface area contributed by atoms with Crippen LogP contribution in [-0.2, 0) is 0 Å². The van der Waals surface area contributed by atoms with Gasteiger partial charge >= 0.3 is 0 Å². The zero-order valence-corrected chi connectivity index (χ0v) is 10.5. The molecule has 92 valence electrons. The highest BCUT2D eigenvalue weighted by Crippen LogP contribution is 2.34. The number of rotatable bonds is 2. The molecular weight excluding hydrogens is 232 g/mol. The molecule has 0 aliphatic rings. The molecule has 2 aromatic carbocycles. The smallest absolute Gasteiger partial charge is 0.0723 e. The van der Waals surface area contributed by atoms with E-state index in [4.69, 9.17) is 5.73 Å². The van der Waals surface area contributed by atoms with Gasteiger partial charge in [0.25, 0.3) is 0 Å². The highest BCUT2D eigenvalue weighted by molar-refractivity contribution is 6.00. The van der Waals surface area contributed by atoms with E-state index in [1.54, 1.807) is 12.3 Å². The van der Waals surface area contributed by atoms with E-state index >= 15 is 0 Å². The fraction of sp³-hybridized carbons (Fsp3) is 0. The van der Waals surface area contributed by atoms with Crippen molar-refractivity contribution < 1.29 is 0 Å². The van der Waals surface area contributed by atoms with Crippen molar-refractivity contribution in [1.29, 1.82) is 0 Å². The van der Waals surface area contributed by atoms with Gasteiger partial charge < -0.3 is 5.73 Å². The van der Waals surface area contributed by atoms with Crippen molar-refractivity contribution in [2.45, 2.75) is 0 Å². The predicted molar refractivity (Wildman–Crippen MR) is 81.7 cm³/mol. The summed E-state index contributed by atoms with van der Waals surface area (Å²) in [7, 11) is 0. The molecule has 0 atom stereocenters. The van der Waals surface area contributed by atoms with Crippen LogP contribution in [0, 0.1) is 0 Å². The average molecular weight is 246 g/mol. The summed E-state index contributed by atoms with van der Waals surface area (Å²) in [6.07, 6.45) is 3.45. The first-order valence-electron chi connectivity index (χ1n) is 6.16. The van der Waals surface area contributed by atoms with E-state index in [-0.39, 0.29) is 0 Å². The minimum absolute atomic E-state index is 0.723. The maximum absolute atomic E-state index is 6.13. The van der Waals surface area contributed by atoms with Gasteiger partial charge in [0.2, 0.25) is 0 Å². The fourth-order valence-electron chi connectivity index (χ4n) is 2.39. The van der Waals surface area contributed by atoms with Crippen molar-refractivity contribution in [3.63, 3.8) is 0 Å². The Hall–Kier alpha value is -2.61. The molecule has 0 aliphatic carbocycles. The number of nitrogen functional groups attached to an aromatic ring is 1. The number of fused-ring (bicyclic) bond motifs is 1. The standard InChI is InChI=1S/C17H14N2/c1-2-16-17(15(18)10-11-19-16)14-9-5-7-12-6-3-4-8-13(12)14/h2-11H,1H2,(H2,18,19). The van der Waals surface area contributed by atoms with Gasteiger partial charge in [-0.3, -0.25) is 4.98 Å². The Labute approximate surface area is 112 Å². The Balaban J connectivity index is 2.40. The third kappa shape index (κ3) is 1.87. The van der Waals surface area contributed by atoms with Gasteiger partial charge in [0.05, 0.1) is 5.69 Å². The molecular formula is C17H14N2. The SMILES string of the molecule is C=Cc1nccc(N)c1-c1cccc2ccccc12. The second kappa shape index (κ2) is 4.58. The molecule has 0 unspecified atom stereocenters. The quantitative estimate of drug-likeness (QED) is 0.738. The van der Waals surface area contributed by atoms with Crippen molar-refractivity contribution in [1.82, 2.24) is 4.98 Å². The molecule has 1 heterocycles. The molecule has 0 amide bonds. The fourth-order valence-corrected chi connectivity index (χ4v) is 2.39. The monoisotopic (exact) mass is 246 g/mol. The van der Waals surface area contributed by atoms with Gasteiger partial charge in [-0.25, -0.2) is 0 Å². The number of benzene rings is 2. The third-order valence-corrected chi connectivity index (χ3v) is 3.26. The lowest BCUT2D eigenvalue weighted by Crippen LogP contribution is -1.95. The number of aromatic nitrogens is 1. The number of nitrogens with two attached hydrogens (primary N) is 1. The van der Waals surface area contributed by atoms with Crippen LogP contribution in [0.25, 0.3) is 28.0 Å². The molecule has 3 rings (SSSR count). The second-order valence-electron chi connectivity index (χ2n) is 4.39. The van der Waals surface area contributed by atoms with Crippen LogP contribution >= 0.6 is 0 Å². The predicted octanol–water partition coefficient (Wildman–Crippen LogP) is 4.13. The Kier molecular flexibility index (Phi) is 2.76. The number of nitrogens with zero attached hydrogens (tertiary/aromatic N) is 1. The second-order valence-corrected chi connectivity index (χ2v) is 4.39. The minimum atomic E-state index is 0.723. The molecule has 1 aromatic heterocycles. The Morgan fingerprint density at radius 3 is 2.63 bits per heavy atom. The zero-order chi connectivity index (χ0) is 13.2. The Morgan fingerprint density at radius 2 is 1.79 bits per heavy atom. The Morgan fingerprint density at radius 1 is 1.00 bits per heavy atom. The van der Waals surface area contributed by atoms with E-state index in [1.165, 1.54) is 10.8 Å². The van der Waals surface area contributed by atoms with E-state index in [2.05, 4.69) is 35.8 Å². The number of pyridine rings is 1. The van der Waals surface area contributed by atoms with Gasteiger partial charge in [0, 0.05) is 17.4 Å². The Bertz CT molecular complexity index is 755. The van der Waals surface area contributed by atoms with Crippen molar-refractivity contribution in [2.75, 3.05) is 5.73 Å². The molecule has 2 heteroatoms. The molecule has 0 aliphatic heterocycles. The van der Waals surface area contributed by atoms with Crippen LogP contribution in [-0.4, -0.2) is 4.98 Å². The molecule has 0 fully saturated rings. The first-order chi connectivity index (χ1) is 9.31. The molecule has 0 bridgehead atoms. The summed E-state index contributed by atoms with van der Waals surface area (Å²) in [5, 5.41) is 2.37. The summed E-state index contributed by atoms with van der Waals surface area (Å²) in [5.74, 6) is 0. The van der Waals surface area contributed by atoms with Gasteiger partial charge in [0.15, 0.2) is 0 Å². The summed E-state index contributed by atoms with van der Waals surface area (Å²) in [6.45, 7) is 3.82. The molecule has 0 saturated carbocycles. The van der Waals surface area contributed by atoms with Crippen LogP contribution in [0.2, 0.25) is 0 Å². The van der Waals surface area contributed by atoms with Crippen LogP contribution in [0.3, 0.4) is 0 Å². The van der Waals surface area contributed by atoms with Crippen LogP contribution < -0.4 is 5.73 Å². The summed E-state index contributed by atoms with van der Waals surface area (Å²) >= 11 is 0. The lowest BCUT2D eigenvalue weighted by atomic mass is 9.96. The van der Waals surface area contributed by atoms with E-state index in [9.17, 15) is 0 Å². The summed E-state index contributed by atoms with van der Waals surface area (Å²) < 4.78 is 0. The third-order valence-electron chi connectivity index (χ3n) is 3.26. The lowest BCUT2D eigenvalue weighted by Gasteiger charge is -2.11. The molecule has 0 spiro atoms. The number of anilines is 1. The molecule has 2 N–H and O–H groups in total. The average Bonchev–Trinajstić information content (AvgIpc) is 2.46. The van der Waals surface area contributed by atoms with Gasteiger partial charge in [-0.2, -0.15) is 0 Å².